The summed E-state index contributed by atoms with van der Waals surface area (Å²) in [7, 11) is 6.08. The third-order valence-electron chi connectivity index (χ3n) is 2.15. The van der Waals surface area contributed by atoms with Crippen LogP contribution in [0.5, 0.6) is 0 Å². The SMILES string of the molecule is CN(C)CCN(C)c1ncc(CN)cn1. The highest BCUT2D eigenvalue weighted by Gasteiger charge is 2.03. The number of rotatable bonds is 5. The van der Waals surface area contributed by atoms with Crippen LogP contribution in [0, 0.1) is 0 Å². The molecule has 0 aromatic carbocycles. The Bertz CT molecular complexity index is 282. The van der Waals surface area contributed by atoms with E-state index in [1.807, 2.05) is 26.0 Å². The van der Waals surface area contributed by atoms with Crippen LogP contribution in [0.3, 0.4) is 0 Å². The van der Waals surface area contributed by atoms with Gasteiger partial charge in [-0.05, 0) is 14.1 Å². The van der Waals surface area contributed by atoms with Crippen molar-refractivity contribution >= 4 is 5.95 Å². The maximum absolute atomic E-state index is 5.47. The molecule has 0 radical (unpaired) electrons. The van der Waals surface area contributed by atoms with Crippen molar-refractivity contribution in [3.05, 3.63) is 18.0 Å². The van der Waals surface area contributed by atoms with Crippen LogP contribution in [-0.4, -0.2) is 49.1 Å². The number of nitrogens with two attached hydrogens (primary N) is 1. The third-order valence-corrected chi connectivity index (χ3v) is 2.15. The second-order valence-corrected chi connectivity index (χ2v) is 3.82. The van der Waals surface area contributed by atoms with Crippen LogP contribution in [0.25, 0.3) is 0 Å². The molecule has 0 fully saturated rings. The number of hydrogen-bond acceptors (Lipinski definition) is 5. The molecule has 0 spiro atoms. The third kappa shape index (κ3) is 3.81. The first kappa shape index (κ1) is 11.9. The predicted octanol–water partition coefficient (Wildman–Crippen LogP) is -0.0669. The van der Waals surface area contributed by atoms with Gasteiger partial charge in [0.05, 0.1) is 0 Å². The van der Waals surface area contributed by atoms with Gasteiger partial charge in [-0.3, -0.25) is 0 Å². The van der Waals surface area contributed by atoms with Crippen molar-refractivity contribution in [2.24, 2.45) is 5.73 Å². The Kier molecular flexibility index (Phi) is 4.45. The van der Waals surface area contributed by atoms with Crippen LogP contribution < -0.4 is 10.6 Å². The first-order chi connectivity index (χ1) is 7.13. The second-order valence-electron chi connectivity index (χ2n) is 3.82. The van der Waals surface area contributed by atoms with Gasteiger partial charge in [-0.1, -0.05) is 0 Å². The minimum atomic E-state index is 0.488. The maximum atomic E-state index is 5.47. The normalized spacial score (nSPS) is 10.7. The average molecular weight is 209 g/mol. The van der Waals surface area contributed by atoms with Gasteiger partial charge in [0.2, 0.25) is 5.95 Å². The van der Waals surface area contributed by atoms with Gasteiger partial charge in [0.15, 0.2) is 0 Å². The molecule has 0 amide bonds. The molecule has 0 atom stereocenters. The Morgan fingerprint density at radius 2 is 1.73 bits per heavy atom. The largest absolute Gasteiger partial charge is 0.343 e. The molecule has 1 aromatic heterocycles. The Morgan fingerprint density at radius 3 is 2.20 bits per heavy atom. The minimum absolute atomic E-state index is 0.488. The maximum Gasteiger partial charge on any atom is 0.225 e. The zero-order valence-electron chi connectivity index (χ0n) is 9.64. The first-order valence-corrected chi connectivity index (χ1v) is 5.00. The highest BCUT2D eigenvalue weighted by atomic mass is 15.2. The van der Waals surface area contributed by atoms with Gasteiger partial charge in [0.25, 0.3) is 0 Å². The zero-order valence-corrected chi connectivity index (χ0v) is 9.64. The van der Waals surface area contributed by atoms with E-state index in [9.17, 15) is 0 Å². The van der Waals surface area contributed by atoms with E-state index in [1.54, 1.807) is 12.4 Å². The van der Waals surface area contributed by atoms with Gasteiger partial charge in [-0.25, -0.2) is 9.97 Å². The van der Waals surface area contributed by atoms with Crippen LogP contribution in [0.1, 0.15) is 5.56 Å². The van der Waals surface area contributed by atoms with Gasteiger partial charge in [-0.15, -0.1) is 0 Å². The summed E-state index contributed by atoms with van der Waals surface area (Å²) in [5, 5.41) is 0. The Balaban J connectivity index is 2.54. The number of hydrogen-bond donors (Lipinski definition) is 1. The lowest BCUT2D eigenvalue weighted by Gasteiger charge is -2.19. The smallest absolute Gasteiger partial charge is 0.225 e. The number of likely N-dealkylation sites (N-methyl/N-ethyl adjacent to an activating group) is 2. The first-order valence-electron chi connectivity index (χ1n) is 5.00. The molecule has 0 aliphatic rings. The summed E-state index contributed by atoms with van der Waals surface area (Å²) in [6.07, 6.45) is 3.54. The van der Waals surface area contributed by atoms with Crippen LogP contribution in [-0.2, 0) is 6.54 Å². The van der Waals surface area contributed by atoms with Crippen LogP contribution in [0.15, 0.2) is 12.4 Å². The van der Waals surface area contributed by atoms with Crippen molar-refractivity contribution in [3.8, 4) is 0 Å². The fourth-order valence-electron chi connectivity index (χ4n) is 1.10. The van der Waals surface area contributed by atoms with Gasteiger partial charge in [0.1, 0.15) is 0 Å². The van der Waals surface area contributed by atoms with Gasteiger partial charge >= 0.3 is 0 Å². The Hall–Kier alpha value is -1.20. The minimum Gasteiger partial charge on any atom is -0.343 e. The lowest BCUT2D eigenvalue weighted by molar-refractivity contribution is 0.415. The molecule has 5 nitrogen and oxygen atoms in total. The summed E-state index contributed by atoms with van der Waals surface area (Å²) in [6.45, 7) is 2.38. The van der Waals surface area contributed by atoms with E-state index in [-0.39, 0.29) is 0 Å². The van der Waals surface area contributed by atoms with E-state index < -0.39 is 0 Å². The summed E-state index contributed by atoms with van der Waals surface area (Å²) in [4.78, 5) is 12.6. The summed E-state index contributed by atoms with van der Waals surface area (Å²) < 4.78 is 0. The molecule has 15 heavy (non-hydrogen) atoms. The van der Waals surface area contributed by atoms with E-state index in [4.69, 9.17) is 5.73 Å². The lowest BCUT2D eigenvalue weighted by Crippen LogP contribution is -2.29. The van der Waals surface area contributed by atoms with Crippen molar-refractivity contribution < 1.29 is 0 Å². The van der Waals surface area contributed by atoms with E-state index >= 15 is 0 Å². The lowest BCUT2D eigenvalue weighted by atomic mass is 10.3. The summed E-state index contributed by atoms with van der Waals surface area (Å²) in [5.41, 5.74) is 6.43. The summed E-state index contributed by atoms with van der Waals surface area (Å²) in [6, 6.07) is 0. The van der Waals surface area contributed by atoms with Crippen LogP contribution in [0.4, 0.5) is 5.95 Å². The van der Waals surface area contributed by atoms with Gasteiger partial charge in [-0.2, -0.15) is 0 Å². The molecule has 1 rings (SSSR count). The number of nitrogens with zero attached hydrogens (tertiary/aromatic N) is 4. The molecule has 0 aliphatic carbocycles. The fraction of sp³-hybridized carbons (Fsp3) is 0.600. The second kappa shape index (κ2) is 5.63. The molecule has 84 valence electrons. The molecular formula is C10H19N5. The zero-order chi connectivity index (χ0) is 11.3. The molecular weight excluding hydrogens is 190 g/mol. The van der Waals surface area contributed by atoms with E-state index in [0.717, 1.165) is 24.6 Å². The molecule has 5 heteroatoms. The highest BCUT2D eigenvalue weighted by molar-refractivity contribution is 5.28. The number of aromatic nitrogens is 2. The van der Waals surface area contributed by atoms with Gasteiger partial charge in [0, 0.05) is 44.6 Å². The molecule has 1 aromatic rings. The number of anilines is 1. The topological polar surface area (TPSA) is 58.3 Å². The Morgan fingerprint density at radius 1 is 1.13 bits per heavy atom. The predicted molar refractivity (Wildman–Crippen MR) is 61.7 cm³/mol. The standard InChI is InChI=1S/C10H19N5/c1-14(2)4-5-15(3)10-12-7-9(6-11)8-13-10/h7-8H,4-6,11H2,1-3H3. The fourth-order valence-corrected chi connectivity index (χ4v) is 1.10. The monoisotopic (exact) mass is 209 g/mol. The Labute approximate surface area is 90.9 Å². The molecule has 0 aliphatic heterocycles. The summed E-state index contributed by atoms with van der Waals surface area (Å²) in [5.74, 6) is 0.744. The van der Waals surface area contributed by atoms with E-state index in [2.05, 4.69) is 14.9 Å². The molecule has 0 saturated carbocycles. The van der Waals surface area contributed by atoms with Crippen LogP contribution in [0.2, 0.25) is 0 Å². The molecule has 0 saturated heterocycles. The van der Waals surface area contributed by atoms with Crippen molar-refractivity contribution in [2.75, 3.05) is 39.1 Å². The van der Waals surface area contributed by atoms with Crippen molar-refractivity contribution in [3.63, 3.8) is 0 Å². The van der Waals surface area contributed by atoms with Crippen molar-refractivity contribution in [1.82, 2.24) is 14.9 Å². The highest BCUT2D eigenvalue weighted by Crippen LogP contribution is 2.04. The summed E-state index contributed by atoms with van der Waals surface area (Å²) >= 11 is 0. The van der Waals surface area contributed by atoms with Crippen molar-refractivity contribution in [1.29, 1.82) is 0 Å². The van der Waals surface area contributed by atoms with E-state index in [1.165, 1.54) is 0 Å². The molecule has 1 heterocycles. The molecule has 2 N–H and O–H groups in total. The quantitative estimate of drug-likeness (QED) is 0.736. The molecule has 0 unspecified atom stereocenters. The average Bonchev–Trinajstić information content (AvgIpc) is 2.26. The van der Waals surface area contributed by atoms with Gasteiger partial charge < -0.3 is 15.5 Å². The molecule has 0 bridgehead atoms. The van der Waals surface area contributed by atoms with E-state index in [0.29, 0.717) is 6.54 Å². The van der Waals surface area contributed by atoms with Crippen molar-refractivity contribution in [2.45, 2.75) is 6.54 Å². The van der Waals surface area contributed by atoms with Crippen LogP contribution >= 0.6 is 0 Å².